The minimum absolute atomic E-state index is 0.0553. The third-order valence-corrected chi connectivity index (χ3v) is 28.0. The summed E-state index contributed by atoms with van der Waals surface area (Å²) in [6.07, 6.45) is 1.52. The topological polar surface area (TPSA) is 94.5 Å². The molecule has 0 aliphatic carbocycles. The normalized spacial score (nSPS) is 29.9. The van der Waals surface area contributed by atoms with E-state index in [9.17, 15) is 15.0 Å². The average molecular weight is 701 g/mol. The molecule has 1 fully saturated rings. The fraction of sp³-hybridized carbons (Fsp3) is 0.917. The van der Waals surface area contributed by atoms with Crippen molar-refractivity contribution >= 4 is 30.9 Å². The fourth-order valence-electron chi connectivity index (χ4n) is 8.93. The molecule has 0 amide bonds. The molecule has 2 rings (SSSR count). The lowest BCUT2D eigenvalue weighted by Gasteiger charge is -2.53. The van der Waals surface area contributed by atoms with E-state index in [2.05, 4.69) is 96.9 Å². The van der Waals surface area contributed by atoms with Gasteiger partial charge in [-0.05, 0) is 78.2 Å². The number of fused-ring (bicyclic) bond motifs is 2. The van der Waals surface area contributed by atoms with Crippen molar-refractivity contribution in [3.63, 3.8) is 0 Å². The quantitative estimate of drug-likeness (QED) is 0.109. The average Bonchev–Trinajstić information content (AvgIpc) is 3.00. The van der Waals surface area contributed by atoms with Crippen LogP contribution in [0.15, 0.2) is 11.6 Å². The number of carboxylic acids is 1. The van der Waals surface area contributed by atoms with Gasteiger partial charge in [0.25, 0.3) is 0 Å². The van der Waals surface area contributed by atoms with Gasteiger partial charge in [0, 0.05) is 18.9 Å². The molecular formula is C36H72O7Si3. The summed E-state index contributed by atoms with van der Waals surface area (Å²) < 4.78 is 28.7. The lowest BCUT2D eigenvalue weighted by atomic mass is 9.75. The summed E-state index contributed by atoms with van der Waals surface area (Å²) in [6.45, 7) is 32.2. The van der Waals surface area contributed by atoms with Crippen LogP contribution in [0.25, 0.3) is 0 Å². The highest BCUT2D eigenvalue weighted by Gasteiger charge is 2.56. The van der Waals surface area contributed by atoms with Gasteiger partial charge in [-0.2, -0.15) is 0 Å². The molecule has 2 aliphatic rings. The Hall–Kier alpha value is -0.339. The Balaban J connectivity index is 2.82. The lowest BCUT2D eigenvalue weighted by Crippen LogP contribution is -2.63. The van der Waals surface area contributed by atoms with Gasteiger partial charge >= 0.3 is 5.97 Å². The van der Waals surface area contributed by atoms with Gasteiger partial charge in [0.2, 0.25) is 0 Å². The number of hydrogen-bond donors (Lipinski definition) is 2. The van der Waals surface area contributed by atoms with E-state index in [0.29, 0.717) is 36.1 Å². The van der Waals surface area contributed by atoms with Crippen LogP contribution >= 0.6 is 0 Å². The number of carbonyl (C=O) groups is 1. The Bertz CT molecular complexity index is 971. The van der Waals surface area contributed by atoms with Gasteiger partial charge in [-0.15, -0.1) is 0 Å². The summed E-state index contributed by atoms with van der Waals surface area (Å²) in [5, 5.41) is 22.1. The molecule has 0 saturated carbocycles. The maximum absolute atomic E-state index is 12.7. The molecule has 2 aliphatic heterocycles. The second kappa shape index (κ2) is 16.6. The van der Waals surface area contributed by atoms with Crippen molar-refractivity contribution in [3.05, 3.63) is 11.6 Å². The van der Waals surface area contributed by atoms with E-state index in [1.807, 2.05) is 6.08 Å². The molecule has 2 N–H and O–H groups in total. The Morgan fingerprint density at radius 3 is 1.78 bits per heavy atom. The highest BCUT2D eigenvalue weighted by molar-refractivity contribution is 6.77. The zero-order valence-corrected chi connectivity index (χ0v) is 35.1. The predicted molar refractivity (Wildman–Crippen MR) is 198 cm³/mol. The predicted octanol–water partition coefficient (Wildman–Crippen LogP) is 9.68. The zero-order chi connectivity index (χ0) is 35.3. The Morgan fingerprint density at radius 2 is 1.37 bits per heavy atom. The van der Waals surface area contributed by atoms with Crippen LogP contribution in [-0.2, 0) is 22.8 Å². The van der Waals surface area contributed by atoms with Gasteiger partial charge < -0.3 is 28.2 Å². The first kappa shape index (κ1) is 41.8. The second-order valence-corrected chi connectivity index (χ2v) is 30.6. The molecule has 0 aromatic rings. The standard InChI is InChI=1S/C36H72O7Si3/c1-15-44(16-2,17-3)42-31-24-35(14,43-45(18-4,19-5)20-6)32-21-22-36(39,34(37)38)33(41-32)23-30(31)29(13)25-40-46(26(7)8,27(9)10)28(11)12/h23,26-29,31-33,39H,15-22,24-25H2,1-14H3,(H,37,38)/b30-23-/t29-,31+,32-,33-,35-,36+/m1/s1. The van der Waals surface area contributed by atoms with Crippen LogP contribution < -0.4 is 0 Å². The molecule has 10 heteroatoms. The monoisotopic (exact) mass is 700 g/mol. The SMILES string of the molecule is CC[Si](CC)(CC)O[C@H]1C[C@@](C)(O[Si](CC)(CC)CC)[C@H]2CC[C@@](O)(C(=O)O)[C@@H](/C=C\1[C@H](C)CO[Si](C(C)C)(C(C)C)C(C)C)O2. The van der Waals surface area contributed by atoms with Crippen molar-refractivity contribution < 1.29 is 33.0 Å². The van der Waals surface area contributed by atoms with Gasteiger partial charge in [-0.1, -0.05) is 96.1 Å². The molecule has 0 spiro atoms. The van der Waals surface area contributed by atoms with Crippen LogP contribution in [-0.4, -0.2) is 77.3 Å². The van der Waals surface area contributed by atoms with Crippen molar-refractivity contribution in [2.75, 3.05) is 6.61 Å². The number of ether oxygens (including phenoxy) is 1. The Morgan fingerprint density at radius 1 is 0.891 bits per heavy atom. The number of rotatable bonds is 18. The highest BCUT2D eigenvalue weighted by atomic mass is 28.4. The summed E-state index contributed by atoms with van der Waals surface area (Å²) in [5.41, 5.74) is -0.345. The molecular weight excluding hydrogens is 629 g/mol. The van der Waals surface area contributed by atoms with Crippen molar-refractivity contribution in [1.82, 2.24) is 0 Å². The molecule has 0 unspecified atom stereocenters. The van der Waals surface area contributed by atoms with E-state index >= 15 is 0 Å². The van der Waals surface area contributed by atoms with Gasteiger partial charge in [0.1, 0.15) is 6.10 Å². The number of carboxylic acid groups (broad SMARTS) is 1. The maximum Gasteiger partial charge on any atom is 0.338 e. The minimum Gasteiger partial charge on any atom is -0.479 e. The molecule has 46 heavy (non-hydrogen) atoms. The van der Waals surface area contributed by atoms with Gasteiger partial charge in [0.15, 0.2) is 30.6 Å². The third kappa shape index (κ3) is 8.33. The summed E-state index contributed by atoms with van der Waals surface area (Å²) >= 11 is 0. The van der Waals surface area contributed by atoms with E-state index in [0.717, 1.165) is 41.8 Å². The Kier molecular flexibility index (Phi) is 15.1. The summed E-state index contributed by atoms with van der Waals surface area (Å²) in [4.78, 5) is 12.7. The number of hydrogen-bond acceptors (Lipinski definition) is 6. The van der Waals surface area contributed by atoms with Crippen molar-refractivity contribution in [2.24, 2.45) is 5.92 Å². The molecule has 0 aromatic heterocycles. The van der Waals surface area contributed by atoms with Crippen LogP contribution in [0, 0.1) is 5.92 Å². The third-order valence-electron chi connectivity index (χ3n) is 12.5. The van der Waals surface area contributed by atoms with Crippen LogP contribution in [0.3, 0.4) is 0 Å². The molecule has 0 radical (unpaired) electrons. The van der Waals surface area contributed by atoms with E-state index in [1.54, 1.807) is 0 Å². The molecule has 2 heterocycles. The van der Waals surface area contributed by atoms with Gasteiger partial charge in [0.05, 0.1) is 17.8 Å². The van der Waals surface area contributed by atoms with E-state index in [4.69, 9.17) is 18.0 Å². The molecule has 0 aromatic carbocycles. The van der Waals surface area contributed by atoms with Crippen LogP contribution in [0.2, 0.25) is 52.9 Å². The number of aliphatic hydroxyl groups is 1. The van der Waals surface area contributed by atoms with Crippen molar-refractivity contribution in [3.8, 4) is 0 Å². The van der Waals surface area contributed by atoms with Gasteiger partial charge in [-0.25, -0.2) is 4.79 Å². The lowest BCUT2D eigenvalue weighted by molar-refractivity contribution is -0.218. The van der Waals surface area contributed by atoms with Crippen LogP contribution in [0.1, 0.15) is 116 Å². The molecule has 1 saturated heterocycles. The smallest absolute Gasteiger partial charge is 0.338 e. The maximum atomic E-state index is 12.7. The first-order valence-corrected chi connectivity index (χ1v) is 25.9. The molecule has 6 atom stereocenters. The first-order chi connectivity index (χ1) is 21.3. The Labute approximate surface area is 286 Å². The van der Waals surface area contributed by atoms with E-state index < -0.39 is 48.2 Å². The highest BCUT2D eigenvalue weighted by Crippen LogP contribution is 2.47. The first-order valence-electron chi connectivity index (χ1n) is 18.7. The zero-order valence-electron chi connectivity index (χ0n) is 32.1. The molecule has 7 nitrogen and oxygen atoms in total. The largest absolute Gasteiger partial charge is 0.479 e. The van der Waals surface area contributed by atoms with Crippen LogP contribution in [0.5, 0.6) is 0 Å². The fourth-order valence-corrected chi connectivity index (χ4v) is 20.4. The van der Waals surface area contributed by atoms with E-state index in [1.165, 1.54) is 0 Å². The van der Waals surface area contributed by atoms with Gasteiger partial charge in [-0.3, -0.25) is 0 Å². The molecule has 2 bridgehead atoms. The summed E-state index contributed by atoms with van der Waals surface area (Å²) in [7, 11) is -6.40. The second-order valence-electron chi connectivity index (χ2n) is 15.7. The minimum atomic E-state index is -2.17. The van der Waals surface area contributed by atoms with Crippen molar-refractivity contribution in [2.45, 2.75) is 199 Å². The summed E-state index contributed by atoms with van der Waals surface area (Å²) in [6, 6.07) is 6.05. The molecule has 270 valence electrons. The number of aliphatic carboxylic acids is 1. The van der Waals surface area contributed by atoms with Crippen LogP contribution in [0.4, 0.5) is 0 Å². The van der Waals surface area contributed by atoms with Crippen molar-refractivity contribution in [1.29, 1.82) is 0 Å². The summed E-state index contributed by atoms with van der Waals surface area (Å²) in [5.74, 6) is -1.29. The van der Waals surface area contributed by atoms with E-state index in [-0.39, 0.29) is 24.5 Å².